The van der Waals surface area contributed by atoms with Crippen LogP contribution in [-0.2, 0) is 16.6 Å². The Hall–Kier alpha value is -0.470. The zero-order valence-electron chi connectivity index (χ0n) is 12.3. The number of hydrogen-bond acceptors (Lipinski definition) is 5. The lowest BCUT2D eigenvalue weighted by atomic mass is 10.2. The van der Waals surface area contributed by atoms with Crippen molar-refractivity contribution in [1.82, 2.24) is 14.9 Å². The highest BCUT2D eigenvalue weighted by molar-refractivity contribution is 7.89. The van der Waals surface area contributed by atoms with Gasteiger partial charge in [-0.2, -0.15) is 0 Å². The van der Waals surface area contributed by atoms with Crippen LogP contribution in [0.1, 0.15) is 23.3 Å². The molecule has 1 aliphatic rings. The van der Waals surface area contributed by atoms with E-state index in [2.05, 4.69) is 14.9 Å². The Morgan fingerprint density at radius 3 is 2.85 bits per heavy atom. The van der Waals surface area contributed by atoms with Crippen molar-refractivity contribution in [1.29, 1.82) is 0 Å². The minimum Gasteiger partial charge on any atom is -0.315 e. The van der Waals surface area contributed by atoms with Gasteiger partial charge in [0.05, 0.1) is 0 Å². The van der Waals surface area contributed by atoms with Crippen LogP contribution in [-0.4, -0.2) is 46.5 Å². The fourth-order valence-corrected chi connectivity index (χ4v) is 5.54. The Morgan fingerprint density at radius 2 is 2.25 bits per heavy atom. The second kappa shape index (κ2) is 6.53. The van der Waals surface area contributed by atoms with Gasteiger partial charge in [-0.3, -0.25) is 0 Å². The number of nitrogens with one attached hydrogen (secondary N) is 2. The van der Waals surface area contributed by atoms with Gasteiger partial charge >= 0.3 is 0 Å². The van der Waals surface area contributed by atoms with Crippen molar-refractivity contribution >= 4 is 21.4 Å². The molecular weight excluding hydrogens is 294 g/mol. The van der Waals surface area contributed by atoms with E-state index in [-0.39, 0.29) is 0 Å². The zero-order valence-corrected chi connectivity index (χ0v) is 13.9. The standard InChI is InChI=1S/C13H23N3O2S2/c1-10-9-19-12(8-14-2)13(10)20(17,18)15-7-11-5-4-6-16(11)3/h9,11,14-15H,4-8H2,1-3H3. The lowest BCUT2D eigenvalue weighted by molar-refractivity contribution is 0.311. The average Bonchev–Trinajstić information content (AvgIpc) is 2.94. The number of rotatable bonds is 6. The van der Waals surface area contributed by atoms with Crippen molar-refractivity contribution in [3.63, 3.8) is 0 Å². The maximum Gasteiger partial charge on any atom is 0.242 e. The first-order valence-electron chi connectivity index (χ1n) is 6.87. The topological polar surface area (TPSA) is 61.4 Å². The molecule has 5 nitrogen and oxygen atoms in total. The quantitative estimate of drug-likeness (QED) is 0.826. The predicted octanol–water partition coefficient (Wildman–Crippen LogP) is 1.15. The normalized spacial score (nSPS) is 20.6. The summed E-state index contributed by atoms with van der Waals surface area (Å²) >= 11 is 1.49. The van der Waals surface area contributed by atoms with E-state index in [0.29, 0.717) is 24.0 Å². The summed E-state index contributed by atoms with van der Waals surface area (Å²) in [5, 5.41) is 4.93. The third-order valence-electron chi connectivity index (χ3n) is 3.78. The number of nitrogens with zero attached hydrogens (tertiary/aromatic N) is 1. The molecule has 0 amide bonds. The first-order chi connectivity index (χ1) is 9.45. The number of thiophene rings is 1. The Kier molecular flexibility index (Phi) is 5.19. The van der Waals surface area contributed by atoms with Crippen molar-refractivity contribution in [2.24, 2.45) is 0 Å². The highest BCUT2D eigenvalue weighted by Crippen LogP contribution is 2.27. The summed E-state index contributed by atoms with van der Waals surface area (Å²) in [7, 11) is 0.458. The van der Waals surface area contributed by atoms with Gasteiger partial charge in [0.15, 0.2) is 0 Å². The lowest BCUT2D eigenvalue weighted by Crippen LogP contribution is -2.38. The fourth-order valence-electron chi connectivity index (χ4n) is 2.65. The Morgan fingerprint density at radius 1 is 1.50 bits per heavy atom. The highest BCUT2D eigenvalue weighted by Gasteiger charge is 2.26. The maximum atomic E-state index is 12.5. The zero-order chi connectivity index (χ0) is 14.8. The molecule has 0 radical (unpaired) electrons. The Balaban J connectivity index is 2.12. The monoisotopic (exact) mass is 317 g/mol. The molecule has 20 heavy (non-hydrogen) atoms. The van der Waals surface area contributed by atoms with Crippen LogP contribution in [0, 0.1) is 6.92 Å². The molecular formula is C13H23N3O2S2. The molecule has 1 fully saturated rings. The van der Waals surface area contributed by atoms with Crippen molar-refractivity contribution in [3.05, 3.63) is 15.8 Å². The third-order valence-corrected chi connectivity index (χ3v) is 6.66. The van der Waals surface area contributed by atoms with E-state index in [9.17, 15) is 8.42 Å². The third kappa shape index (κ3) is 3.40. The summed E-state index contributed by atoms with van der Waals surface area (Å²) < 4.78 is 27.8. The minimum absolute atomic E-state index is 0.316. The van der Waals surface area contributed by atoms with Gasteiger partial charge in [-0.25, -0.2) is 13.1 Å². The Labute approximate surface area is 125 Å². The van der Waals surface area contributed by atoms with Crippen LogP contribution < -0.4 is 10.0 Å². The van der Waals surface area contributed by atoms with Gasteiger partial charge in [-0.15, -0.1) is 11.3 Å². The molecule has 7 heteroatoms. The minimum atomic E-state index is -3.42. The molecule has 1 unspecified atom stereocenters. The molecule has 1 saturated heterocycles. The molecule has 0 aromatic carbocycles. The summed E-state index contributed by atoms with van der Waals surface area (Å²) in [4.78, 5) is 3.55. The molecule has 0 aliphatic carbocycles. The summed E-state index contributed by atoms with van der Waals surface area (Å²) in [5.74, 6) is 0. The van der Waals surface area contributed by atoms with Crippen LogP contribution in [0.15, 0.2) is 10.3 Å². The average molecular weight is 317 g/mol. The summed E-state index contributed by atoms with van der Waals surface area (Å²) in [6.45, 7) is 3.98. The van der Waals surface area contributed by atoms with Crippen LogP contribution in [0.25, 0.3) is 0 Å². The van der Waals surface area contributed by atoms with E-state index in [1.165, 1.54) is 11.3 Å². The van der Waals surface area contributed by atoms with Gasteiger partial charge in [0.25, 0.3) is 0 Å². The van der Waals surface area contributed by atoms with E-state index in [1.54, 1.807) is 0 Å². The van der Waals surface area contributed by atoms with Crippen molar-refractivity contribution in [2.75, 3.05) is 27.2 Å². The second-order valence-electron chi connectivity index (χ2n) is 5.33. The SMILES string of the molecule is CNCc1scc(C)c1S(=O)(=O)NCC1CCCN1C. The number of sulfonamides is 1. The molecule has 0 spiro atoms. The van der Waals surface area contributed by atoms with Gasteiger partial charge in [0, 0.05) is 24.0 Å². The smallest absolute Gasteiger partial charge is 0.242 e. The van der Waals surface area contributed by atoms with Crippen LogP contribution in [0.5, 0.6) is 0 Å². The predicted molar refractivity (Wildman–Crippen MR) is 82.7 cm³/mol. The van der Waals surface area contributed by atoms with Crippen molar-refractivity contribution < 1.29 is 8.42 Å². The Bertz CT molecular complexity index is 554. The van der Waals surface area contributed by atoms with Gasteiger partial charge in [0.1, 0.15) is 4.90 Å². The molecule has 2 rings (SSSR count). The summed E-state index contributed by atoms with van der Waals surface area (Å²) in [6.07, 6.45) is 2.20. The van der Waals surface area contributed by atoms with Gasteiger partial charge in [-0.1, -0.05) is 0 Å². The van der Waals surface area contributed by atoms with E-state index in [1.807, 2.05) is 26.4 Å². The molecule has 0 bridgehead atoms. The van der Waals surface area contributed by atoms with Gasteiger partial charge in [0.2, 0.25) is 10.0 Å². The molecule has 0 saturated carbocycles. The van der Waals surface area contributed by atoms with Crippen molar-refractivity contribution in [3.8, 4) is 0 Å². The first-order valence-corrected chi connectivity index (χ1v) is 9.23. The maximum absolute atomic E-state index is 12.5. The van der Waals surface area contributed by atoms with E-state index in [4.69, 9.17) is 0 Å². The molecule has 114 valence electrons. The van der Waals surface area contributed by atoms with Crippen molar-refractivity contribution in [2.45, 2.75) is 37.2 Å². The second-order valence-corrected chi connectivity index (χ2v) is 8.00. The molecule has 1 aromatic heterocycles. The summed E-state index contributed by atoms with van der Waals surface area (Å²) in [6, 6.07) is 0.316. The van der Waals surface area contributed by atoms with E-state index in [0.717, 1.165) is 29.8 Å². The summed E-state index contributed by atoms with van der Waals surface area (Å²) in [5.41, 5.74) is 0.826. The lowest BCUT2D eigenvalue weighted by Gasteiger charge is -2.20. The molecule has 1 atom stereocenters. The fraction of sp³-hybridized carbons (Fsp3) is 0.692. The number of hydrogen-bond donors (Lipinski definition) is 2. The van der Waals surface area contributed by atoms with Crippen LogP contribution in [0.3, 0.4) is 0 Å². The molecule has 2 heterocycles. The highest BCUT2D eigenvalue weighted by atomic mass is 32.2. The molecule has 1 aliphatic heterocycles. The number of likely N-dealkylation sites (tertiary alicyclic amines) is 1. The van der Waals surface area contributed by atoms with E-state index >= 15 is 0 Å². The first kappa shape index (κ1) is 15.9. The van der Waals surface area contributed by atoms with Gasteiger partial charge in [-0.05, 0) is 51.3 Å². The number of likely N-dealkylation sites (N-methyl/N-ethyl adjacent to an activating group) is 1. The largest absolute Gasteiger partial charge is 0.315 e. The number of aryl methyl sites for hydroxylation is 1. The molecule has 2 N–H and O–H groups in total. The van der Waals surface area contributed by atoms with Gasteiger partial charge < -0.3 is 10.2 Å². The van der Waals surface area contributed by atoms with Crippen LogP contribution in [0.4, 0.5) is 0 Å². The van der Waals surface area contributed by atoms with Crippen LogP contribution >= 0.6 is 11.3 Å². The van der Waals surface area contributed by atoms with Crippen LogP contribution in [0.2, 0.25) is 0 Å². The molecule has 1 aromatic rings. The van der Waals surface area contributed by atoms with E-state index < -0.39 is 10.0 Å².